The summed E-state index contributed by atoms with van der Waals surface area (Å²) in [5.41, 5.74) is 1.96. The summed E-state index contributed by atoms with van der Waals surface area (Å²) in [7, 11) is 0. The van der Waals surface area contributed by atoms with E-state index in [1.807, 2.05) is 6.92 Å². The Labute approximate surface area is 130 Å². The van der Waals surface area contributed by atoms with Crippen LogP contribution in [-0.2, 0) is 4.79 Å². The van der Waals surface area contributed by atoms with E-state index in [1.54, 1.807) is 18.2 Å². The van der Waals surface area contributed by atoms with Crippen LogP contribution in [0.2, 0.25) is 0 Å². The molecule has 1 aromatic carbocycles. The van der Waals surface area contributed by atoms with E-state index in [2.05, 4.69) is 16.3 Å². The van der Waals surface area contributed by atoms with Gasteiger partial charge in [-0.15, -0.1) is 0 Å². The van der Waals surface area contributed by atoms with Crippen molar-refractivity contribution in [1.82, 2.24) is 5.32 Å². The van der Waals surface area contributed by atoms with E-state index in [9.17, 15) is 9.59 Å². The number of nitriles is 1. The van der Waals surface area contributed by atoms with Crippen molar-refractivity contribution in [2.75, 3.05) is 18.0 Å². The average molecular weight is 299 g/mol. The van der Waals surface area contributed by atoms with Crippen LogP contribution in [0.5, 0.6) is 0 Å². The van der Waals surface area contributed by atoms with Crippen LogP contribution in [0, 0.1) is 11.3 Å². The van der Waals surface area contributed by atoms with Gasteiger partial charge >= 0.3 is 0 Å². The molecule has 0 radical (unpaired) electrons. The van der Waals surface area contributed by atoms with Gasteiger partial charge in [-0.1, -0.05) is 6.92 Å². The summed E-state index contributed by atoms with van der Waals surface area (Å²) < 4.78 is 0. The largest absolute Gasteiger partial charge is 0.369 e. The molecule has 0 bridgehead atoms. The molecule has 0 saturated carbocycles. The Balaban J connectivity index is 2.24. The molecular weight excluding hydrogens is 278 g/mol. The van der Waals surface area contributed by atoms with Gasteiger partial charge in [-0.05, 0) is 38.0 Å². The molecule has 0 aromatic heterocycles. The van der Waals surface area contributed by atoms with Crippen molar-refractivity contribution in [1.29, 1.82) is 5.26 Å². The Kier molecular flexibility index (Phi) is 5.16. The highest BCUT2D eigenvalue weighted by molar-refractivity contribution is 6.00. The standard InChI is InChI=1S/C17H21N3O2/c1-3-17(22)19-14-5-4-8-20(11-14)16-9-13(10-18)6-7-15(16)12(2)21/h6-7,9,14H,3-5,8,11H2,1-2H3,(H,19,22). The topological polar surface area (TPSA) is 73.2 Å². The summed E-state index contributed by atoms with van der Waals surface area (Å²) in [6.07, 6.45) is 2.36. The van der Waals surface area contributed by atoms with Crippen LogP contribution < -0.4 is 10.2 Å². The highest BCUT2D eigenvalue weighted by Gasteiger charge is 2.23. The third kappa shape index (κ3) is 3.64. The van der Waals surface area contributed by atoms with Crippen LogP contribution in [0.3, 0.4) is 0 Å². The molecule has 22 heavy (non-hydrogen) atoms. The number of anilines is 1. The second-order valence-corrected chi connectivity index (χ2v) is 5.61. The van der Waals surface area contributed by atoms with Gasteiger partial charge in [0.2, 0.25) is 5.91 Å². The first-order chi connectivity index (χ1) is 10.5. The molecule has 1 atom stereocenters. The summed E-state index contributed by atoms with van der Waals surface area (Å²) in [5, 5.41) is 12.1. The molecule has 5 heteroatoms. The van der Waals surface area contributed by atoms with E-state index in [0.717, 1.165) is 25.1 Å². The molecule has 1 unspecified atom stereocenters. The second-order valence-electron chi connectivity index (χ2n) is 5.61. The zero-order chi connectivity index (χ0) is 16.1. The number of hydrogen-bond acceptors (Lipinski definition) is 4. The molecule has 1 aliphatic rings. The van der Waals surface area contributed by atoms with Gasteiger partial charge < -0.3 is 10.2 Å². The molecule has 116 valence electrons. The van der Waals surface area contributed by atoms with E-state index < -0.39 is 0 Å². The van der Waals surface area contributed by atoms with E-state index in [4.69, 9.17) is 5.26 Å². The Hall–Kier alpha value is -2.35. The normalized spacial score (nSPS) is 17.7. The number of nitrogens with zero attached hydrogens (tertiary/aromatic N) is 2. The lowest BCUT2D eigenvalue weighted by atomic mass is 10.0. The van der Waals surface area contributed by atoms with Gasteiger partial charge in [-0.3, -0.25) is 9.59 Å². The third-order valence-corrected chi connectivity index (χ3v) is 3.95. The van der Waals surface area contributed by atoms with Crippen LogP contribution in [0.4, 0.5) is 5.69 Å². The van der Waals surface area contributed by atoms with Crippen molar-refractivity contribution in [3.8, 4) is 6.07 Å². The van der Waals surface area contributed by atoms with E-state index >= 15 is 0 Å². The van der Waals surface area contributed by atoms with E-state index in [-0.39, 0.29) is 17.7 Å². The van der Waals surface area contributed by atoms with E-state index in [0.29, 0.717) is 24.1 Å². The highest BCUT2D eigenvalue weighted by Crippen LogP contribution is 2.26. The van der Waals surface area contributed by atoms with Gasteiger partial charge in [0.1, 0.15) is 0 Å². The first-order valence-electron chi connectivity index (χ1n) is 7.64. The van der Waals surface area contributed by atoms with Crippen molar-refractivity contribution in [3.63, 3.8) is 0 Å². The van der Waals surface area contributed by atoms with Crippen molar-refractivity contribution in [2.24, 2.45) is 0 Å². The van der Waals surface area contributed by atoms with Gasteiger partial charge in [0.05, 0.1) is 11.6 Å². The fourth-order valence-electron chi connectivity index (χ4n) is 2.80. The number of ketones is 1. The molecule has 1 saturated heterocycles. The fourth-order valence-corrected chi connectivity index (χ4v) is 2.80. The minimum absolute atomic E-state index is 0.0146. The summed E-state index contributed by atoms with van der Waals surface area (Å²) >= 11 is 0. The maximum Gasteiger partial charge on any atom is 0.219 e. The number of rotatable bonds is 4. The van der Waals surface area contributed by atoms with Crippen LogP contribution >= 0.6 is 0 Å². The first-order valence-corrected chi connectivity index (χ1v) is 7.64. The predicted octanol–water partition coefficient (Wildman–Crippen LogP) is 2.26. The molecule has 1 fully saturated rings. The lowest BCUT2D eigenvalue weighted by Gasteiger charge is -2.35. The third-order valence-electron chi connectivity index (χ3n) is 3.95. The lowest BCUT2D eigenvalue weighted by Crippen LogP contribution is -2.48. The molecule has 2 rings (SSSR count). The van der Waals surface area contributed by atoms with Crippen LogP contribution in [0.1, 0.15) is 49.0 Å². The summed E-state index contributed by atoms with van der Waals surface area (Å²) in [4.78, 5) is 25.5. The number of nitrogens with one attached hydrogen (secondary N) is 1. The molecule has 1 N–H and O–H groups in total. The molecule has 1 amide bonds. The summed E-state index contributed by atoms with van der Waals surface area (Å²) in [6, 6.07) is 7.35. The van der Waals surface area contributed by atoms with Crippen molar-refractivity contribution in [3.05, 3.63) is 29.3 Å². The van der Waals surface area contributed by atoms with Gasteiger partial charge in [-0.25, -0.2) is 0 Å². The minimum atomic E-state index is -0.0146. The summed E-state index contributed by atoms with van der Waals surface area (Å²) in [5.74, 6) is 0.0311. The number of benzene rings is 1. The number of carbonyl (C=O) groups excluding carboxylic acids is 2. The quantitative estimate of drug-likeness (QED) is 0.865. The SMILES string of the molecule is CCC(=O)NC1CCCN(c2cc(C#N)ccc2C(C)=O)C1. The van der Waals surface area contributed by atoms with Crippen LogP contribution in [0.25, 0.3) is 0 Å². The van der Waals surface area contributed by atoms with Gasteiger partial charge in [0.15, 0.2) is 5.78 Å². The van der Waals surface area contributed by atoms with Gasteiger partial charge in [0.25, 0.3) is 0 Å². The van der Waals surface area contributed by atoms with Crippen molar-refractivity contribution < 1.29 is 9.59 Å². The number of carbonyl (C=O) groups is 2. The second kappa shape index (κ2) is 7.08. The van der Waals surface area contributed by atoms with E-state index in [1.165, 1.54) is 6.92 Å². The molecule has 5 nitrogen and oxygen atoms in total. The van der Waals surface area contributed by atoms with Crippen LogP contribution in [0.15, 0.2) is 18.2 Å². The number of hydrogen-bond donors (Lipinski definition) is 1. The number of piperidine rings is 1. The van der Waals surface area contributed by atoms with Crippen molar-refractivity contribution >= 4 is 17.4 Å². The molecule has 0 aliphatic carbocycles. The van der Waals surface area contributed by atoms with Crippen molar-refractivity contribution in [2.45, 2.75) is 39.2 Å². The maximum atomic E-state index is 11.8. The average Bonchev–Trinajstić information content (AvgIpc) is 2.54. The van der Waals surface area contributed by atoms with Gasteiger partial charge in [-0.2, -0.15) is 5.26 Å². The Morgan fingerprint density at radius 3 is 2.86 bits per heavy atom. The monoisotopic (exact) mass is 299 g/mol. The molecular formula is C17H21N3O2. The Bertz CT molecular complexity index is 619. The van der Waals surface area contributed by atoms with Gasteiger partial charge in [0, 0.05) is 36.8 Å². The molecule has 1 aromatic rings. The lowest BCUT2D eigenvalue weighted by molar-refractivity contribution is -0.121. The first kappa shape index (κ1) is 16.0. The number of amides is 1. The fraction of sp³-hybridized carbons (Fsp3) is 0.471. The maximum absolute atomic E-state index is 11.8. The molecule has 1 heterocycles. The Morgan fingerprint density at radius 2 is 2.23 bits per heavy atom. The summed E-state index contributed by atoms with van der Waals surface area (Å²) in [6.45, 7) is 4.86. The Morgan fingerprint density at radius 1 is 1.45 bits per heavy atom. The zero-order valence-corrected chi connectivity index (χ0v) is 13.1. The smallest absolute Gasteiger partial charge is 0.219 e. The predicted molar refractivity (Wildman–Crippen MR) is 84.8 cm³/mol. The molecule has 1 aliphatic heterocycles. The minimum Gasteiger partial charge on any atom is -0.369 e. The highest BCUT2D eigenvalue weighted by atomic mass is 16.1. The molecule has 0 spiro atoms. The zero-order valence-electron chi connectivity index (χ0n) is 13.1. The number of Topliss-reactive ketones (excluding diaryl/α,β-unsaturated/α-hetero) is 1. The van der Waals surface area contributed by atoms with Crippen LogP contribution in [-0.4, -0.2) is 30.8 Å².